The van der Waals surface area contributed by atoms with Gasteiger partial charge in [-0.25, -0.2) is 4.98 Å². The van der Waals surface area contributed by atoms with E-state index in [2.05, 4.69) is 38.7 Å². The van der Waals surface area contributed by atoms with Crippen LogP contribution in [-0.4, -0.2) is 30.6 Å². The van der Waals surface area contributed by atoms with Gasteiger partial charge in [0.15, 0.2) is 20.9 Å². The lowest BCUT2D eigenvalue weighted by Crippen LogP contribution is -1.92. The molecule has 0 radical (unpaired) electrons. The van der Waals surface area contributed by atoms with Gasteiger partial charge in [-0.3, -0.25) is 0 Å². The first kappa shape index (κ1) is 13.3. The minimum absolute atomic E-state index is 0.326. The van der Waals surface area contributed by atoms with Crippen LogP contribution in [0.4, 0.5) is 0 Å². The van der Waals surface area contributed by atoms with Crippen molar-refractivity contribution in [2.75, 3.05) is 7.11 Å². The zero-order chi connectivity index (χ0) is 14.1. The Hall–Kier alpha value is -1.67. The molecule has 6 nitrogen and oxygen atoms in total. The highest BCUT2D eigenvalue weighted by molar-refractivity contribution is 8.43. The van der Waals surface area contributed by atoms with Crippen molar-refractivity contribution in [3.05, 3.63) is 29.7 Å². The third kappa shape index (κ3) is 2.61. The van der Waals surface area contributed by atoms with Crippen molar-refractivity contribution in [1.82, 2.24) is 23.5 Å². The molecule has 3 aromatic rings. The fourth-order valence-electron chi connectivity index (χ4n) is 1.62. The molecule has 1 unspecified atom stereocenters. The SMILES string of the molecule is COc1ccc2c[s+](Sn3cnc(C(C)C)n3)nc2n1. The van der Waals surface area contributed by atoms with Gasteiger partial charge in [-0.2, -0.15) is 4.98 Å². The van der Waals surface area contributed by atoms with E-state index in [1.165, 1.54) is 11.0 Å². The summed E-state index contributed by atoms with van der Waals surface area (Å²) in [5, 5.41) is 7.54. The number of methoxy groups -OCH3 is 1. The quantitative estimate of drug-likeness (QED) is 0.545. The number of aromatic nitrogens is 5. The van der Waals surface area contributed by atoms with Crippen LogP contribution in [-0.2, 0) is 0 Å². The summed E-state index contributed by atoms with van der Waals surface area (Å²) in [5.74, 6) is 1.75. The molecular formula is C12H14N5OS2+. The van der Waals surface area contributed by atoms with Gasteiger partial charge < -0.3 is 4.74 Å². The lowest BCUT2D eigenvalue weighted by atomic mass is 10.2. The highest BCUT2D eigenvalue weighted by Gasteiger charge is 2.18. The van der Waals surface area contributed by atoms with Crippen LogP contribution >= 0.6 is 20.7 Å². The maximum absolute atomic E-state index is 5.11. The van der Waals surface area contributed by atoms with E-state index in [4.69, 9.17) is 4.74 Å². The van der Waals surface area contributed by atoms with Gasteiger partial charge in [-0.05, 0) is 10.4 Å². The number of ether oxygens (including phenoxy) is 1. The zero-order valence-electron chi connectivity index (χ0n) is 11.3. The minimum atomic E-state index is -0.326. The van der Waals surface area contributed by atoms with Gasteiger partial charge >= 0.3 is 0 Å². The van der Waals surface area contributed by atoms with Gasteiger partial charge in [-0.15, -0.1) is 9.19 Å². The molecule has 20 heavy (non-hydrogen) atoms. The smallest absolute Gasteiger partial charge is 0.295 e. The maximum atomic E-state index is 5.11. The number of rotatable bonds is 4. The average molecular weight is 308 g/mol. The molecule has 0 saturated heterocycles. The first-order chi connectivity index (χ1) is 9.65. The van der Waals surface area contributed by atoms with Crippen molar-refractivity contribution in [3.8, 4) is 5.88 Å². The van der Waals surface area contributed by atoms with E-state index in [-0.39, 0.29) is 9.70 Å². The second-order valence-corrected chi connectivity index (χ2v) is 7.45. The monoisotopic (exact) mass is 308 g/mol. The second-order valence-electron chi connectivity index (χ2n) is 4.49. The molecule has 0 N–H and O–H groups in total. The molecule has 8 heteroatoms. The van der Waals surface area contributed by atoms with Gasteiger partial charge in [0.25, 0.3) is 11.0 Å². The fraction of sp³-hybridized carbons (Fsp3) is 0.333. The molecule has 3 rings (SSSR count). The van der Waals surface area contributed by atoms with Crippen LogP contribution in [0.2, 0.25) is 0 Å². The summed E-state index contributed by atoms with van der Waals surface area (Å²) in [5.41, 5.74) is 0.726. The van der Waals surface area contributed by atoms with Crippen molar-refractivity contribution in [3.63, 3.8) is 0 Å². The van der Waals surface area contributed by atoms with Crippen molar-refractivity contribution in [2.45, 2.75) is 19.8 Å². The van der Waals surface area contributed by atoms with E-state index >= 15 is 0 Å². The molecule has 3 heterocycles. The Labute approximate surface area is 122 Å². The van der Waals surface area contributed by atoms with Crippen molar-refractivity contribution < 1.29 is 4.74 Å². The molecule has 0 aromatic carbocycles. The molecule has 0 amide bonds. The summed E-state index contributed by atoms with van der Waals surface area (Å²) < 4.78 is 11.4. The summed E-state index contributed by atoms with van der Waals surface area (Å²) >= 11 is 0. The molecule has 3 aromatic heterocycles. The number of hydrogen-bond acceptors (Lipinski definition) is 6. The summed E-state index contributed by atoms with van der Waals surface area (Å²) in [6, 6.07) is 3.81. The van der Waals surface area contributed by atoms with Gasteiger partial charge in [0.1, 0.15) is 6.33 Å². The van der Waals surface area contributed by atoms with Gasteiger partial charge in [0.05, 0.1) is 12.5 Å². The Morgan fingerprint density at radius 1 is 1.35 bits per heavy atom. The lowest BCUT2D eigenvalue weighted by molar-refractivity contribution is 0.399. The molecule has 0 saturated carbocycles. The summed E-state index contributed by atoms with van der Waals surface area (Å²) in [7, 11) is 2.80. The molecule has 0 fully saturated rings. The van der Waals surface area contributed by atoms with Gasteiger partial charge in [0.2, 0.25) is 11.5 Å². The molecule has 0 bridgehead atoms. The predicted molar refractivity (Wildman–Crippen MR) is 81.1 cm³/mol. The third-order valence-electron chi connectivity index (χ3n) is 2.65. The van der Waals surface area contributed by atoms with E-state index in [9.17, 15) is 0 Å². The van der Waals surface area contributed by atoms with Crippen LogP contribution < -0.4 is 4.74 Å². The first-order valence-corrected chi connectivity index (χ1v) is 8.64. The Balaban J connectivity index is 1.86. The second kappa shape index (κ2) is 5.37. The van der Waals surface area contributed by atoms with Crippen LogP contribution in [0.15, 0.2) is 23.8 Å². The van der Waals surface area contributed by atoms with Crippen LogP contribution in [0.25, 0.3) is 11.0 Å². The summed E-state index contributed by atoms with van der Waals surface area (Å²) in [6.45, 7) is 4.15. The average Bonchev–Trinajstić information content (AvgIpc) is 3.04. The summed E-state index contributed by atoms with van der Waals surface area (Å²) in [4.78, 5) is 8.60. The number of fused-ring (bicyclic) bond motifs is 1. The number of hydrogen-bond donors (Lipinski definition) is 0. The molecule has 0 aliphatic heterocycles. The topological polar surface area (TPSA) is 65.7 Å². The van der Waals surface area contributed by atoms with E-state index in [1.807, 2.05) is 12.1 Å². The molecule has 1 atom stereocenters. The Bertz CT molecular complexity index is 736. The summed E-state index contributed by atoms with van der Waals surface area (Å²) in [6.07, 6.45) is 1.73. The Morgan fingerprint density at radius 3 is 2.90 bits per heavy atom. The largest absolute Gasteiger partial charge is 0.481 e. The fourth-order valence-corrected chi connectivity index (χ4v) is 4.26. The van der Waals surface area contributed by atoms with E-state index in [0.29, 0.717) is 11.8 Å². The Kier molecular flexibility index (Phi) is 3.58. The number of pyridine rings is 1. The molecule has 104 valence electrons. The van der Waals surface area contributed by atoms with Crippen LogP contribution in [0.3, 0.4) is 0 Å². The van der Waals surface area contributed by atoms with Gasteiger partial charge in [0, 0.05) is 12.0 Å². The van der Waals surface area contributed by atoms with Crippen LogP contribution in [0.5, 0.6) is 5.88 Å². The van der Waals surface area contributed by atoms with E-state index < -0.39 is 0 Å². The van der Waals surface area contributed by atoms with Gasteiger partial charge in [-0.1, -0.05) is 13.8 Å². The van der Waals surface area contributed by atoms with E-state index in [0.717, 1.165) is 16.9 Å². The van der Waals surface area contributed by atoms with Crippen molar-refractivity contribution in [2.24, 2.45) is 0 Å². The molecule has 0 aliphatic carbocycles. The van der Waals surface area contributed by atoms with Crippen LogP contribution in [0.1, 0.15) is 25.6 Å². The maximum Gasteiger partial charge on any atom is 0.295 e. The first-order valence-electron chi connectivity index (χ1n) is 6.11. The Morgan fingerprint density at radius 2 is 2.20 bits per heavy atom. The highest BCUT2D eigenvalue weighted by atomic mass is 33.1. The van der Waals surface area contributed by atoms with E-state index in [1.54, 1.807) is 17.5 Å². The number of nitrogens with zero attached hydrogens (tertiary/aromatic N) is 5. The lowest BCUT2D eigenvalue weighted by Gasteiger charge is -1.93. The van der Waals surface area contributed by atoms with Crippen molar-refractivity contribution >= 4 is 31.7 Å². The molecule has 0 aliphatic rings. The zero-order valence-corrected chi connectivity index (χ0v) is 13.0. The highest BCUT2D eigenvalue weighted by Crippen LogP contribution is 2.34. The molecule has 0 spiro atoms. The van der Waals surface area contributed by atoms with Crippen LogP contribution in [0, 0.1) is 0 Å². The molecular weight excluding hydrogens is 294 g/mol. The predicted octanol–water partition coefficient (Wildman–Crippen LogP) is 3.06. The van der Waals surface area contributed by atoms with Crippen molar-refractivity contribution in [1.29, 1.82) is 0 Å². The standard InChI is InChI=1S/C12H14N5OS2/c1-8(2)11-13-7-17(15-11)19-20-6-9-4-5-10(18-3)14-12(9)16-20/h4-8H,1-3H3/q+1. The normalized spacial score (nSPS) is 12.3. The minimum Gasteiger partial charge on any atom is -0.481 e. The third-order valence-corrected chi connectivity index (χ3v) is 5.37.